The molecule has 9 heavy (non-hydrogen) atoms. The molecule has 0 aromatic carbocycles. The molecule has 0 aliphatic rings. The summed E-state index contributed by atoms with van der Waals surface area (Å²) in [4.78, 5) is 3.73. The molecule has 0 fully saturated rings. The predicted octanol–water partition coefficient (Wildman–Crippen LogP) is 0.742. The minimum Gasteiger partial charge on any atom is -0.298 e. The lowest BCUT2D eigenvalue weighted by Gasteiger charge is -2.15. The molecule has 2 N–H and O–H groups in total. The summed E-state index contributed by atoms with van der Waals surface area (Å²) in [7, 11) is 0. The van der Waals surface area contributed by atoms with Gasteiger partial charge in [-0.15, -0.1) is 0 Å². The lowest BCUT2D eigenvalue weighted by atomic mass is 10.4. The van der Waals surface area contributed by atoms with E-state index in [0.717, 1.165) is 0 Å². The van der Waals surface area contributed by atoms with Crippen molar-refractivity contribution in [1.29, 1.82) is 0 Å². The van der Waals surface area contributed by atoms with Crippen molar-refractivity contribution in [3.8, 4) is 0 Å². The molecule has 52 valence electrons. The molecule has 0 aromatic rings. The Hall–Kier alpha value is -0.830. The van der Waals surface area contributed by atoms with Crippen molar-refractivity contribution in [2.24, 2.45) is 10.8 Å². The Morgan fingerprint density at radius 1 is 1.67 bits per heavy atom. The van der Waals surface area contributed by atoms with Crippen LogP contribution < -0.4 is 5.84 Å². The molecule has 0 amide bonds. The van der Waals surface area contributed by atoms with E-state index in [1.54, 1.807) is 0 Å². The minimum atomic E-state index is 0.286. The van der Waals surface area contributed by atoms with Crippen molar-refractivity contribution in [3.63, 3.8) is 0 Å². The van der Waals surface area contributed by atoms with Crippen LogP contribution in [-0.4, -0.2) is 17.4 Å². The Kier molecular flexibility index (Phi) is 3.71. The number of aliphatic imine (C=N–C) groups is 1. The van der Waals surface area contributed by atoms with Crippen LogP contribution in [0.3, 0.4) is 0 Å². The van der Waals surface area contributed by atoms with E-state index in [1.165, 1.54) is 17.5 Å². The highest BCUT2D eigenvalue weighted by Gasteiger charge is 1.94. The molecule has 3 heteroatoms. The topological polar surface area (TPSA) is 41.6 Å². The third-order valence-electron chi connectivity index (χ3n) is 0.902. The van der Waals surface area contributed by atoms with E-state index in [-0.39, 0.29) is 6.04 Å². The predicted molar refractivity (Wildman–Crippen MR) is 39.9 cm³/mol. The van der Waals surface area contributed by atoms with Gasteiger partial charge in [0.25, 0.3) is 0 Å². The van der Waals surface area contributed by atoms with Gasteiger partial charge in [0, 0.05) is 12.2 Å². The van der Waals surface area contributed by atoms with Gasteiger partial charge in [0.15, 0.2) is 0 Å². The Morgan fingerprint density at radius 3 is 2.56 bits per heavy atom. The SMILES string of the molecule is C=CN=CN(N)C(C)C. The van der Waals surface area contributed by atoms with E-state index in [2.05, 4.69) is 11.6 Å². The van der Waals surface area contributed by atoms with E-state index >= 15 is 0 Å². The average molecular weight is 127 g/mol. The van der Waals surface area contributed by atoms with Crippen LogP contribution in [0.2, 0.25) is 0 Å². The standard InChI is InChI=1S/C6H13N3/c1-4-8-5-9(7)6(2)3/h4-6H,1,7H2,2-3H3. The summed E-state index contributed by atoms with van der Waals surface area (Å²) in [5.74, 6) is 5.44. The van der Waals surface area contributed by atoms with Gasteiger partial charge < -0.3 is 0 Å². The van der Waals surface area contributed by atoms with E-state index in [9.17, 15) is 0 Å². The highest BCUT2D eigenvalue weighted by Crippen LogP contribution is 1.84. The van der Waals surface area contributed by atoms with Gasteiger partial charge in [-0.25, -0.2) is 10.8 Å². The first-order valence-electron chi connectivity index (χ1n) is 2.85. The number of nitrogens with zero attached hydrogens (tertiary/aromatic N) is 2. The van der Waals surface area contributed by atoms with Gasteiger partial charge in [-0.05, 0) is 13.8 Å². The van der Waals surface area contributed by atoms with E-state index in [0.29, 0.717) is 0 Å². The summed E-state index contributed by atoms with van der Waals surface area (Å²) in [5.41, 5.74) is 0. The van der Waals surface area contributed by atoms with Gasteiger partial charge in [-0.3, -0.25) is 5.01 Å². The van der Waals surface area contributed by atoms with E-state index in [1.807, 2.05) is 13.8 Å². The quantitative estimate of drug-likeness (QED) is 0.263. The number of nitrogens with two attached hydrogens (primary N) is 1. The van der Waals surface area contributed by atoms with Gasteiger partial charge in [0.2, 0.25) is 0 Å². The largest absolute Gasteiger partial charge is 0.298 e. The fraction of sp³-hybridized carbons (Fsp3) is 0.500. The summed E-state index contributed by atoms with van der Waals surface area (Å²) >= 11 is 0. The first kappa shape index (κ1) is 8.17. The zero-order chi connectivity index (χ0) is 7.28. The number of rotatable bonds is 3. The average Bonchev–Trinajstić information content (AvgIpc) is 1.82. The van der Waals surface area contributed by atoms with Crippen molar-refractivity contribution in [3.05, 3.63) is 12.8 Å². The third kappa shape index (κ3) is 3.73. The number of hydrazine groups is 1. The molecule has 0 saturated heterocycles. The Balaban J connectivity index is 3.61. The van der Waals surface area contributed by atoms with Crippen molar-refractivity contribution < 1.29 is 0 Å². The third-order valence-corrected chi connectivity index (χ3v) is 0.902. The van der Waals surface area contributed by atoms with Gasteiger partial charge >= 0.3 is 0 Å². The van der Waals surface area contributed by atoms with Crippen molar-refractivity contribution in [1.82, 2.24) is 5.01 Å². The van der Waals surface area contributed by atoms with Crippen LogP contribution in [0.15, 0.2) is 17.8 Å². The summed E-state index contributed by atoms with van der Waals surface area (Å²) in [6.07, 6.45) is 2.99. The smallest absolute Gasteiger partial charge is 0.105 e. The second-order valence-electron chi connectivity index (χ2n) is 1.99. The molecule has 0 rings (SSSR count). The summed E-state index contributed by atoms with van der Waals surface area (Å²) < 4.78 is 0. The molecule has 0 aromatic heterocycles. The first-order valence-corrected chi connectivity index (χ1v) is 2.85. The molecule has 0 unspecified atom stereocenters. The number of hydrogen-bond donors (Lipinski definition) is 1. The second kappa shape index (κ2) is 4.09. The molecular formula is C6H13N3. The van der Waals surface area contributed by atoms with Gasteiger partial charge in [0.1, 0.15) is 6.34 Å². The molecule has 0 radical (unpaired) electrons. The van der Waals surface area contributed by atoms with Gasteiger partial charge in [-0.1, -0.05) is 6.58 Å². The molecule has 0 spiro atoms. The normalized spacial score (nSPS) is 10.7. The zero-order valence-corrected chi connectivity index (χ0v) is 5.91. The lowest BCUT2D eigenvalue weighted by molar-refractivity contribution is 0.375. The Bertz CT molecular complexity index is 107. The Labute approximate surface area is 55.8 Å². The molecule has 0 bridgehead atoms. The van der Waals surface area contributed by atoms with Crippen LogP contribution >= 0.6 is 0 Å². The van der Waals surface area contributed by atoms with Gasteiger partial charge in [-0.2, -0.15) is 0 Å². The molecule has 0 saturated carbocycles. The van der Waals surface area contributed by atoms with Crippen LogP contribution in [-0.2, 0) is 0 Å². The van der Waals surface area contributed by atoms with E-state index < -0.39 is 0 Å². The van der Waals surface area contributed by atoms with Crippen LogP contribution in [0, 0.1) is 0 Å². The monoisotopic (exact) mass is 127 g/mol. The van der Waals surface area contributed by atoms with E-state index in [4.69, 9.17) is 5.84 Å². The second-order valence-corrected chi connectivity index (χ2v) is 1.99. The number of hydrogen-bond acceptors (Lipinski definition) is 2. The molecular weight excluding hydrogens is 114 g/mol. The highest BCUT2D eigenvalue weighted by molar-refractivity contribution is 5.54. The summed E-state index contributed by atoms with van der Waals surface area (Å²) in [6.45, 7) is 7.37. The maximum absolute atomic E-state index is 5.44. The molecule has 0 aliphatic heterocycles. The first-order chi connectivity index (χ1) is 4.18. The summed E-state index contributed by atoms with van der Waals surface area (Å²) in [5, 5.41) is 1.52. The minimum absolute atomic E-state index is 0.286. The maximum Gasteiger partial charge on any atom is 0.105 e. The molecule has 3 nitrogen and oxygen atoms in total. The molecule has 0 heterocycles. The zero-order valence-electron chi connectivity index (χ0n) is 5.91. The van der Waals surface area contributed by atoms with Gasteiger partial charge in [0.05, 0.1) is 0 Å². The van der Waals surface area contributed by atoms with Crippen LogP contribution in [0.4, 0.5) is 0 Å². The molecule has 0 atom stereocenters. The van der Waals surface area contributed by atoms with Crippen molar-refractivity contribution in [2.75, 3.05) is 0 Å². The van der Waals surface area contributed by atoms with Crippen LogP contribution in [0.25, 0.3) is 0 Å². The summed E-state index contributed by atoms with van der Waals surface area (Å²) in [6, 6.07) is 0.286. The van der Waals surface area contributed by atoms with Crippen molar-refractivity contribution >= 4 is 6.34 Å². The fourth-order valence-corrected chi connectivity index (χ4v) is 0.257. The maximum atomic E-state index is 5.44. The van der Waals surface area contributed by atoms with Crippen molar-refractivity contribution in [2.45, 2.75) is 19.9 Å². The lowest BCUT2D eigenvalue weighted by Crippen LogP contribution is -2.35. The van der Waals surface area contributed by atoms with Crippen LogP contribution in [0.1, 0.15) is 13.8 Å². The molecule has 0 aliphatic carbocycles. The highest BCUT2D eigenvalue weighted by atomic mass is 15.4. The van der Waals surface area contributed by atoms with Crippen LogP contribution in [0.5, 0.6) is 0 Å². The Morgan fingerprint density at radius 2 is 2.22 bits per heavy atom. The fourth-order valence-electron chi connectivity index (χ4n) is 0.257.